The maximum absolute atomic E-state index is 11.9. The van der Waals surface area contributed by atoms with Crippen molar-refractivity contribution in [2.75, 3.05) is 6.54 Å². The number of nitrogens with two attached hydrogens (primary N) is 1. The van der Waals surface area contributed by atoms with Crippen molar-refractivity contribution in [1.82, 2.24) is 5.32 Å². The van der Waals surface area contributed by atoms with Crippen molar-refractivity contribution in [1.29, 1.82) is 0 Å². The van der Waals surface area contributed by atoms with Gasteiger partial charge in [0.1, 0.15) is 0 Å². The highest BCUT2D eigenvalue weighted by atomic mass is 79.9. The SMILES string of the molecule is NCCc1ccc(CNC(=O)c2ccoc2Br)cc1. The maximum atomic E-state index is 11.9. The first-order valence-electron chi connectivity index (χ1n) is 6.00. The fourth-order valence-corrected chi connectivity index (χ4v) is 2.14. The highest BCUT2D eigenvalue weighted by Crippen LogP contribution is 2.17. The molecule has 0 radical (unpaired) electrons. The van der Waals surface area contributed by atoms with E-state index >= 15 is 0 Å². The average Bonchev–Trinajstić information content (AvgIpc) is 2.84. The van der Waals surface area contributed by atoms with Gasteiger partial charge in [-0.05, 0) is 46.1 Å². The lowest BCUT2D eigenvalue weighted by atomic mass is 10.1. The van der Waals surface area contributed by atoms with E-state index in [0.29, 0.717) is 23.3 Å². The van der Waals surface area contributed by atoms with Crippen LogP contribution in [0.1, 0.15) is 21.5 Å². The normalized spacial score (nSPS) is 10.4. The summed E-state index contributed by atoms with van der Waals surface area (Å²) in [5.41, 5.74) is 8.25. The van der Waals surface area contributed by atoms with Gasteiger partial charge in [0.05, 0.1) is 11.8 Å². The zero-order valence-corrected chi connectivity index (χ0v) is 11.9. The minimum absolute atomic E-state index is 0.161. The van der Waals surface area contributed by atoms with E-state index in [1.165, 1.54) is 11.8 Å². The Hall–Kier alpha value is -1.59. The van der Waals surface area contributed by atoms with E-state index in [4.69, 9.17) is 10.2 Å². The van der Waals surface area contributed by atoms with Gasteiger partial charge in [0.25, 0.3) is 5.91 Å². The van der Waals surface area contributed by atoms with Crippen LogP contribution in [0.2, 0.25) is 0 Å². The first kappa shape index (κ1) is 13.8. The van der Waals surface area contributed by atoms with Gasteiger partial charge in [-0.15, -0.1) is 0 Å². The minimum atomic E-state index is -0.161. The van der Waals surface area contributed by atoms with Gasteiger partial charge in [0, 0.05) is 6.54 Å². The number of halogens is 1. The molecule has 1 aromatic carbocycles. The Morgan fingerprint density at radius 3 is 2.47 bits per heavy atom. The number of hydrogen-bond donors (Lipinski definition) is 2. The molecule has 0 atom stereocenters. The molecule has 0 saturated carbocycles. The number of nitrogens with one attached hydrogen (secondary N) is 1. The van der Waals surface area contributed by atoms with E-state index in [1.54, 1.807) is 6.07 Å². The Kier molecular flexibility index (Phi) is 4.76. The molecular formula is C14H15BrN2O2. The predicted octanol–water partition coefficient (Wildman–Crippen LogP) is 2.47. The van der Waals surface area contributed by atoms with Crippen molar-refractivity contribution in [3.8, 4) is 0 Å². The van der Waals surface area contributed by atoms with Crippen molar-refractivity contribution in [3.05, 3.63) is 58.0 Å². The van der Waals surface area contributed by atoms with Gasteiger partial charge >= 0.3 is 0 Å². The zero-order valence-electron chi connectivity index (χ0n) is 10.4. The van der Waals surface area contributed by atoms with Crippen LogP contribution >= 0.6 is 15.9 Å². The average molecular weight is 323 g/mol. The van der Waals surface area contributed by atoms with Crippen LogP contribution in [-0.2, 0) is 13.0 Å². The molecule has 2 aromatic rings. The summed E-state index contributed by atoms with van der Waals surface area (Å²) in [5.74, 6) is -0.161. The smallest absolute Gasteiger partial charge is 0.256 e. The van der Waals surface area contributed by atoms with Gasteiger partial charge in [-0.1, -0.05) is 24.3 Å². The number of carbonyl (C=O) groups excluding carboxylic acids is 1. The summed E-state index contributed by atoms with van der Waals surface area (Å²) < 4.78 is 5.47. The Labute approximate surface area is 120 Å². The highest BCUT2D eigenvalue weighted by Gasteiger charge is 2.11. The third-order valence-electron chi connectivity index (χ3n) is 2.77. The topological polar surface area (TPSA) is 68.3 Å². The summed E-state index contributed by atoms with van der Waals surface area (Å²) in [4.78, 5) is 11.9. The highest BCUT2D eigenvalue weighted by molar-refractivity contribution is 9.10. The maximum Gasteiger partial charge on any atom is 0.256 e. The standard InChI is InChI=1S/C14H15BrN2O2/c15-13-12(6-8-19-13)14(18)17-9-11-3-1-10(2-4-11)5-7-16/h1-4,6,8H,5,7,9,16H2,(H,17,18). The summed E-state index contributed by atoms with van der Waals surface area (Å²) in [6.07, 6.45) is 2.34. The number of hydrogen-bond acceptors (Lipinski definition) is 3. The molecule has 0 saturated heterocycles. The van der Waals surface area contributed by atoms with Crippen LogP contribution in [0.3, 0.4) is 0 Å². The van der Waals surface area contributed by atoms with Gasteiger partial charge in [-0.2, -0.15) is 0 Å². The molecule has 0 aliphatic carbocycles. The lowest BCUT2D eigenvalue weighted by Gasteiger charge is -2.05. The van der Waals surface area contributed by atoms with E-state index in [9.17, 15) is 4.79 Å². The van der Waals surface area contributed by atoms with Crippen LogP contribution in [0.5, 0.6) is 0 Å². The Morgan fingerprint density at radius 2 is 1.89 bits per heavy atom. The van der Waals surface area contributed by atoms with Crippen molar-refractivity contribution in [3.63, 3.8) is 0 Å². The number of furan rings is 1. The van der Waals surface area contributed by atoms with Crippen molar-refractivity contribution in [2.45, 2.75) is 13.0 Å². The Balaban J connectivity index is 1.92. The summed E-state index contributed by atoms with van der Waals surface area (Å²) in [6.45, 7) is 1.13. The molecule has 4 nitrogen and oxygen atoms in total. The summed E-state index contributed by atoms with van der Waals surface area (Å²) in [7, 11) is 0. The van der Waals surface area contributed by atoms with E-state index in [0.717, 1.165) is 12.0 Å². The molecule has 2 rings (SSSR count). The van der Waals surface area contributed by atoms with Gasteiger partial charge in [-0.3, -0.25) is 4.79 Å². The van der Waals surface area contributed by atoms with Crippen molar-refractivity contribution >= 4 is 21.8 Å². The number of carbonyl (C=O) groups is 1. The molecule has 19 heavy (non-hydrogen) atoms. The summed E-state index contributed by atoms with van der Waals surface area (Å²) in [6, 6.07) is 9.68. The molecule has 0 unspecified atom stereocenters. The predicted molar refractivity (Wildman–Crippen MR) is 76.8 cm³/mol. The number of rotatable bonds is 5. The van der Waals surface area contributed by atoms with E-state index in [2.05, 4.69) is 21.2 Å². The van der Waals surface area contributed by atoms with Gasteiger partial charge in [0.2, 0.25) is 0 Å². The first-order chi connectivity index (χ1) is 9.20. The second kappa shape index (κ2) is 6.54. The van der Waals surface area contributed by atoms with Gasteiger partial charge < -0.3 is 15.5 Å². The fraction of sp³-hybridized carbons (Fsp3) is 0.214. The Morgan fingerprint density at radius 1 is 1.21 bits per heavy atom. The van der Waals surface area contributed by atoms with Crippen LogP contribution in [0, 0.1) is 0 Å². The molecule has 1 amide bonds. The molecule has 1 heterocycles. The first-order valence-corrected chi connectivity index (χ1v) is 6.79. The monoisotopic (exact) mass is 322 g/mol. The van der Waals surface area contributed by atoms with Crippen molar-refractivity contribution in [2.24, 2.45) is 5.73 Å². The molecular weight excluding hydrogens is 308 g/mol. The third-order valence-corrected chi connectivity index (χ3v) is 3.39. The van der Waals surface area contributed by atoms with Crippen LogP contribution < -0.4 is 11.1 Å². The lowest BCUT2D eigenvalue weighted by molar-refractivity contribution is 0.0949. The molecule has 0 bridgehead atoms. The van der Waals surface area contributed by atoms with E-state index in [1.807, 2.05) is 24.3 Å². The fourth-order valence-electron chi connectivity index (χ4n) is 1.72. The van der Waals surface area contributed by atoms with Gasteiger partial charge in [-0.25, -0.2) is 0 Å². The largest absolute Gasteiger partial charge is 0.457 e. The number of benzene rings is 1. The molecule has 5 heteroatoms. The van der Waals surface area contributed by atoms with Crippen LogP contribution in [0.25, 0.3) is 0 Å². The molecule has 3 N–H and O–H groups in total. The second-order valence-electron chi connectivity index (χ2n) is 4.15. The lowest BCUT2D eigenvalue weighted by Crippen LogP contribution is -2.22. The van der Waals surface area contributed by atoms with Crippen LogP contribution in [0.15, 0.2) is 45.7 Å². The summed E-state index contributed by atoms with van der Waals surface area (Å²) in [5, 5.41) is 2.84. The second-order valence-corrected chi connectivity index (χ2v) is 4.87. The van der Waals surface area contributed by atoms with Crippen LogP contribution in [0.4, 0.5) is 0 Å². The van der Waals surface area contributed by atoms with Gasteiger partial charge in [0.15, 0.2) is 4.67 Å². The molecule has 0 aliphatic heterocycles. The van der Waals surface area contributed by atoms with Crippen LogP contribution in [-0.4, -0.2) is 12.5 Å². The van der Waals surface area contributed by atoms with Crippen molar-refractivity contribution < 1.29 is 9.21 Å². The molecule has 100 valence electrons. The van der Waals surface area contributed by atoms with E-state index < -0.39 is 0 Å². The molecule has 0 fully saturated rings. The zero-order chi connectivity index (χ0) is 13.7. The molecule has 1 aromatic heterocycles. The van der Waals surface area contributed by atoms with E-state index in [-0.39, 0.29) is 5.91 Å². The molecule has 0 spiro atoms. The quantitative estimate of drug-likeness (QED) is 0.888. The summed E-state index contributed by atoms with van der Waals surface area (Å²) >= 11 is 3.18. The third kappa shape index (κ3) is 3.68. The minimum Gasteiger partial charge on any atom is -0.457 e. The number of amides is 1. The molecule has 0 aliphatic rings. The Bertz CT molecular complexity index is 549.